The maximum atomic E-state index is 12.3. The molecule has 27 heavy (non-hydrogen) atoms. The van der Waals surface area contributed by atoms with Gasteiger partial charge in [-0.25, -0.2) is 4.99 Å². The second-order valence-corrected chi connectivity index (χ2v) is 6.88. The van der Waals surface area contributed by atoms with E-state index >= 15 is 0 Å². The summed E-state index contributed by atoms with van der Waals surface area (Å²) in [6, 6.07) is 13.6. The fraction of sp³-hybridized carbons (Fsp3) is 0.238. The number of nitrogens with one attached hydrogen (secondary N) is 1. The van der Waals surface area contributed by atoms with Crippen molar-refractivity contribution in [2.75, 3.05) is 13.7 Å². The molecule has 0 saturated carbocycles. The number of benzene rings is 2. The number of hydrogen-bond donors (Lipinski definition) is 1. The molecule has 0 aromatic heterocycles. The van der Waals surface area contributed by atoms with E-state index in [1.807, 2.05) is 55.5 Å². The Morgan fingerprint density at radius 3 is 2.56 bits per heavy atom. The van der Waals surface area contributed by atoms with Crippen molar-refractivity contribution in [2.45, 2.75) is 20.3 Å². The molecule has 0 bridgehead atoms. The van der Waals surface area contributed by atoms with E-state index in [1.54, 1.807) is 7.11 Å². The molecule has 2 aromatic rings. The summed E-state index contributed by atoms with van der Waals surface area (Å²) in [5.74, 6) is 1.17. The van der Waals surface area contributed by atoms with Crippen molar-refractivity contribution >= 4 is 34.6 Å². The number of aryl methyl sites for hydroxylation is 1. The molecule has 0 radical (unpaired) electrons. The van der Waals surface area contributed by atoms with E-state index in [9.17, 15) is 4.79 Å². The molecule has 1 aliphatic rings. The Hall–Kier alpha value is -2.73. The van der Waals surface area contributed by atoms with Gasteiger partial charge in [0.25, 0.3) is 5.91 Å². The van der Waals surface area contributed by atoms with E-state index in [0.717, 1.165) is 17.7 Å². The van der Waals surface area contributed by atoms with Gasteiger partial charge >= 0.3 is 0 Å². The van der Waals surface area contributed by atoms with Gasteiger partial charge in [-0.05, 0) is 66.6 Å². The molecule has 0 atom stereocenters. The Labute approximate surface area is 163 Å². The van der Waals surface area contributed by atoms with Crippen LogP contribution in [0.1, 0.15) is 25.0 Å². The van der Waals surface area contributed by atoms with Crippen LogP contribution in [0.3, 0.4) is 0 Å². The van der Waals surface area contributed by atoms with Gasteiger partial charge in [-0.1, -0.05) is 25.1 Å². The Balaban J connectivity index is 1.80. The topological polar surface area (TPSA) is 59.9 Å². The molecule has 0 unspecified atom stereocenters. The van der Waals surface area contributed by atoms with Crippen molar-refractivity contribution in [3.63, 3.8) is 0 Å². The van der Waals surface area contributed by atoms with Crippen molar-refractivity contribution in [1.29, 1.82) is 0 Å². The lowest BCUT2D eigenvalue weighted by Crippen LogP contribution is -2.19. The van der Waals surface area contributed by atoms with Crippen molar-refractivity contribution in [2.24, 2.45) is 4.99 Å². The number of amides is 1. The van der Waals surface area contributed by atoms with Gasteiger partial charge in [-0.3, -0.25) is 4.79 Å². The summed E-state index contributed by atoms with van der Waals surface area (Å²) < 4.78 is 10.9. The summed E-state index contributed by atoms with van der Waals surface area (Å²) in [7, 11) is 1.60. The van der Waals surface area contributed by atoms with E-state index < -0.39 is 0 Å². The maximum Gasteiger partial charge on any atom is 0.264 e. The van der Waals surface area contributed by atoms with E-state index in [-0.39, 0.29) is 5.91 Å². The van der Waals surface area contributed by atoms with Gasteiger partial charge in [0.05, 0.1) is 24.3 Å². The number of hydrogen-bond acceptors (Lipinski definition) is 5. The summed E-state index contributed by atoms with van der Waals surface area (Å²) in [6.45, 7) is 4.57. The predicted molar refractivity (Wildman–Crippen MR) is 111 cm³/mol. The minimum atomic E-state index is -0.155. The molecule has 0 aliphatic carbocycles. The summed E-state index contributed by atoms with van der Waals surface area (Å²) in [6.07, 6.45) is 2.81. The maximum absolute atomic E-state index is 12.3. The molecule has 5 nitrogen and oxygen atoms in total. The van der Waals surface area contributed by atoms with Gasteiger partial charge in [0, 0.05) is 0 Å². The lowest BCUT2D eigenvalue weighted by molar-refractivity contribution is -0.115. The Kier molecular flexibility index (Phi) is 6.19. The number of methoxy groups -OCH3 is 1. The zero-order valence-corrected chi connectivity index (χ0v) is 16.4. The molecule has 1 fully saturated rings. The number of aliphatic imine (C=N–C) groups is 1. The SMILES string of the molecule is CCOc1cc(/C=C2\SC(=Nc3ccc(CC)cc3)NC2=O)ccc1OC. The monoisotopic (exact) mass is 382 g/mol. The van der Waals surface area contributed by atoms with E-state index in [0.29, 0.717) is 28.2 Å². The van der Waals surface area contributed by atoms with Gasteiger partial charge < -0.3 is 14.8 Å². The third-order valence-corrected chi connectivity index (χ3v) is 4.92. The number of ether oxygens (including phenoxy) is 2. The molecule has 0 spiro atoms. The minimum Gasteiger partial charge on any atom is -0.493 e. The van der Waals surface area contributed by atoms with Crippen LogP contribution in [-0.4, -0.2) is 24.8 Å². The average Bonchev–Trinajstić information content (AvgIpc) is 3.02. The first kappa shape index (κ1) is 19.0. The highest BCUT2D eigenvalue weighted by atomic mass is 32.2. The molecular formula is C21H22N2O3S. The quantitative estimate of drug-likeness (QED) is 0.745. The van der Waals surface area contributed by atoms with Crippen molar-refractivity contribution in [1.82, 2.24) is 5.32 Å². The standard InChI is InChI=1S/C21H22N2O3S/c1-4-14-6-9-16(10-7-14)22-21-23-20(24)19(27-21)13-15-8-11-17(25-3)18(12-15)26-5-2/h6-13H,4-5H2,1-3H3,(H,22,23,24)/b19-13-. The first-order valence-electron chi connectivity index (χ1n) is 8.82. The van der Waals surface area contributed by atoms with Crippen molar-refractivity contribution < 1.29 is 14.3 Å². The Morgan fingerprint density at radius 2 is 1.89 bits per heavy atom. The van der Waals surface area contributed by atoms with Crippen LogP contribution < -0.4 is 14.8 Å². The fourth-order valence-corrected chi connectivity index (χ4v) is 3.45. The smallest absolute Gasteiger partial charge is 0.264 e. The highest BCUT2D eigenvalue weighted by molar-refractivity contribution is 8.18. The first-order chi connectivity index (χ1) is 13.1. The van der Waals surface area contributed by atoms with Crippen LogP contribution in [0.25, 0.3) is 6.08 Å². The molecule has 3 rings (SSSR count). The van der Waals surface area contributed by atoms with Gasteiger partial charge in [0.15, 0.2) is 16.7 Å². The number of carbonyl (C=O) groups is 1. The summed E-state index contributed by atoms with van der Waals surface area (Å²) in [5, 5.41) is 3.39. The normalized spacial score (nSPS) is 16.6. The highest BCUT2D eigenvalue weighted by Crippen LogP contribution is 2.32. The summed E-state index contributed by atoms with van der Waals surface area (Å²) in [4.78, 5) is 17.4. The summed E-state index contributed by atoms with van der Waals surface area (Å²) in [5.41, 5.74) is 2.94. The average molecular weight is 382 g/mol. The van der Waals surface area contributed by atoms with Crippen molar-refractivity contribution in [3.8, 4) is 11.5 Å². The number of carbonyl (C=O) groups excluding carboxylic acids is 1. The van der Waals surface area contributed by atoms with Gasteiger partial charge in [0.2, 0.25) is 0 Å². The van der Waals surface area contributed by atoms with Crippen molar-refractivity contribution in [3.05, 3.63) is 58.5 Å². The summed E-state index contributed by atoms with van der Waals surface area (Å²) >= 11 is 1.33. The van der Waals surface area contributed by atoms with Gasteiger partial charge in [-0.2, -0.15) is 0 Å². The molecule has 1 N–H and O–H groups in total. The largest absolute Gasteiger partial charge is 0.493 e. The van der Waals surface area contributed by atoms with E-state index in [2.05, 4.69) is 17.2 Å². The first-order valence-corrected chi connectivity index (χ1v) is 9.64. The molecule has 1 aliphatic heterocycles. The molecular weight excluding hydrogens is 360 g/mol. The number of thioether (sulfide) groups is 1. The van der Waals surface area contributed by atoms with E-state index in [4.69, 9.17) is 9.47 Å². The number of rotatable bonds is 6. The zero-order chi connectivity index (χ0) is 19.2. The molecule has 1 saturated heterocycles. The van der Waals surface area contributed by atoms with Crippen LogP contribution in [-0.2, 0) is 11.2 Å². The minimum absolute atomic E-state index is 0.155. The van der Waals surface area contributed by atoms with Crippen LogP contribution in [0.5, 0.6) is 11.5 Å². The Bertz CT molecular complexity index is 889. The van der Waals surface area contributed by atoms with Crippen LogP contribution >= 0.6 is 11.8 Å². The van der Waals surface area contributed by atoms with Crippen LogP contribution in [0.2, 0.25) is 0 Å². The van der Waals surface area contributed by atoms with Gasteiger partial charge in [0.1, 0.15) is 0 Å². The molecule has 140 valence electrons. The molecule has 6 heteroatoms. The Morgan fingerprint density at radius 1 is 1.11 bits per heavy atom. The fourth-order valence-electron chi connectivity index (χ4n) is 2.61. The lowest BCUT2D eigenvalue weighted by atomic mass is 10.2. The molecule has 2 aromatic carbocycles. The lowest BCUT2D eigenvalue weighted by Gasteiger charge is -2.09. The second-order valence-electron chi connectivity index (χ2n) is 5.85. The number of amidine groups is 1. The van der Waals surface area contributed by atoms with E-state index in [1.165, 1.54) is 17.3 Å². The van der Waals surface area contributed by atoms with Crippen LogP contribution in [0.4, 0.5) is 5.69 Å². The third kappa shape index (κ3) is 4.71. The molecule has 1 amide bonds. The zero-order valence-electron chi connectivity index (χ0n) is 15.6. The van der Waals surface area contributed by atoms with Gasteiger partial charge in [-0.15, -0.1) is 0 Å². The second kappa shape index (κ2) is 8.77. The van der Waals surface area contributed by atoms with Crippen LogP contribution in [0, 0.1) is 0 Å². The third-order valence-electron chi connectivity index (χ3n) is 4.01. The predicted octanol–water partition coefficient (Wildman–Crippen LogP) is 4.55. The highest BCUT2D eigenvalue weighted by Gasteiger charge is 2.24. The number of nitrogens with zero attached hydrogens (tertiary/aromatic N) is 1. The van der Waals surface area contributed by atoms with Crippen LogP contribution in [0.15, 0.2) is 52.4 Å². The molecule has 1 heterocycles.